The normalized spacial score (nSPS) is 11.4. The molecule has 0 aromatic heterocycles. The fourth-order valence-corrected chi connectivity index (χ4v) is 3.91. The molecule has 0 aliphatic carbocycles. The lowest BCUT2D eigenvalue weighted by atomic mass is 10.1. The molecule has 0 heterocycles. The maximum Gasteiger partial charge on any atom is 0.337 e. The van der Waals surface area contributed by atoms with Crippen LogP contribution < -0.4 is 4.74 Å². The Hall–Kier alpha value is -3.89. The van der Waals surface area contributed by atoms with Gasteiger partial charge in [0.2, 0.25) is 9.84 Å². The highest BCUT2D eigenvalue weighted by Gasteiger charge is 2.20. The van der Waals surface area contributed by atoms with Gasteiger partial charge in [-0.15, -0.1) is 0 Å². The van der Waals surface area contributed by atoms with Gasteiger partial charge in [-0.2, -0.15) is 5.26 Å². The minimum atomic E-state index is -3.88. The topological polar surface area (TPSA) is 93.5 Å². The van der Waals surface area contributed by atoms with Gasteiger partial charge in [0, 0.05) is 0 Å². The van der Waals surface area contributed by atoms with Crippen molar-refractivity contribution in [3.63, 3.8) is 0 Å². The molecule has 0 atom stereocenters. The molecule has 7 heteroatoms. The second-order valence-electron chi connectivity index (χ2n) is 6.48. The van der Waals surface area contributed by atoms with Crippen molar-refractivity contribution in [1.82, 2.24) is 0 Å². The van der Waals surface area contributed by atoms with E-state index in [2.05, 4.69) is 4.74 Å². The molecule has 3 rings (SSSR count). The van der Waals surface area contributed by atoms with Crippen LogP contribution in [0.3, 0.4) is 0 Å². The third-order valence-corrected chi connectivity index (χ3v) is 6.09. The lowest BCUT2D eigenvalue weighted by Gasteiger charge is -2.08. The van der Waals surface area contributed by atoms with Crippen LogP contribution >= 0.6 is 0 Å². The van der Waals surface area contributed by atoms with E-state index in [-0.39, 0.29) is 9.80 Å². The first-order valence-corrected chi connectivity index (χ1v) is 10.7. The van der Waals surface area contributed by atoms with E-state index in [4.69, 9.17) is 4.74 Å². The standard InChI is InChI=1S/C24H19NO5S/c1-29-24(26)20-11-7-19(8-12-20)17-30-21-13-9-18(10-14-21)15-23(16-25)31(27,28)22-5-3-2-4-6-22/h2-15H,17H2,1H3/b23-15+. The molecule has 31 heavy (non-hydrogen) atoms. The Kier molecular flexibility index (Phi) is 6.85. The smallest absolute Gasteiger partial charge is 0.337 e. The maximum absolute atomic E-state index is 12.6. The van der Waals surface area contributed by atoms with E-state index in [9.17, 15) is 18.5 Å². The fraction of sp³-hybridized carbons (Fsp3) is 0.0833. The quantitative estimate of drug-likeness (QED) is 0.405. The molecular formula is C24H19NO5S. The number of hydrogen-bond acceptors (Lipinski definition) is 6. The number of carbonyl (C=O) groups is 1. The van der Waals surface area contributed by atoms with Crippen LogP contribution in [0.25, 0.3) is 6.08 Å². The van der Waals surface area contributed by atoms with Gasteiger partial charge >= 0.3 is 5.97 Å². The van der Waals surface area contributed by atoms with Crippen molar-refractivity contribution in [2.45, 2.75) is 11.5 Å². The Morgan fingerprint density at radius 2 is 1.61 bits per heavy atom. The van der Waals surface area contributed by atoms with Crippen molar-refractivity contribution >= 4 is 21.9 Å². The van der Waals surface area contributed by atoms with E-state index in [0.29, 0.717) is 23.5 Å². The molecule has 0 N–H and O–H groups in total. The summed E-state index contributed by atoms with van der Waals surface area (Å²) in [5, 5.41) is 9.37. The van der Waals surface area contributed by atoms with Crippen LogP contribution in [-0.2, 0) is 21.2 Å². The molecule has 0 bridgehead atoms. The second kappa shape index (κ2) is 9.74. The van der Waals surface area contributed by atoms with Gasteiger partial charge in [0.1, 0.15) is 23.3 Å². The Morgan fingerprint density at radius 3 is 2.19 bits per heavy atom. The van der Waals surface area contributed by atoms with E-state index in [0.717, 1.165) is 5.56 Å². The van der Waals surface area contributed by atoms with Crippen LogP contribution in [0.1, 0.15) is 21.5 Å². The molecule has 3 aromatic carbocycles. The van der Waals surface area contributed by atoms with Crippen molar-refractivity contribution in [1.29, 1.82) is 5.26 Å². The summed E-state index contributed by atoms with van der Waals surface area (Å²) in [4.78, 5) is 11.2. The molecule has 0 saturated heterocycles. The summed E-state index contributed by atoms with van der Waals surface area (Å²) >= 11 is 0. The van der Waals surface area contributed by atoms with Gasteiger partial charge in [0.25, 0.3) is 0 Å². The summed E-state index contributed by atoms with van der Waals surface area (Å²) in [5.41, 5.74) is 1.89. The number of carbonyl (C=O) groups excluding carboxylic acids is 1. The molecule has 0 amide bonds. The Morgan fingerprint density at radius 1 is 0.968 bits per heavy atom. The molecule has 0 fully saturated rings. The number of methoxy groups -OCH3 is 1. The van der Waals surface area contributed by atoms with Crippen molar-refractivity contribution in [3.05, 3.63) is 100 Å². The van der Waals surface area contributed by atoms with Crippen LogP contribution in [0, 0.1) is 11.3 Å². The summed E-state index contributed by atoms with van der Waals surface area (Å²) in [7, 11) is -2.55. The maximum atomic E-state index is 12.6. The summed E-state index contributed by atoms with van der Waals surface area (Å²) in [6.45, 7) is 0.294. The number of sulfone groups is 1. The third-order valence-electron chi connectivity index (χ3n) is 4.41. The Bertz CT molecular complexity index is 1220. The zero-order chi connectivity index (χ0) is 22.3. The van der Waals surface area contributed by atoms with Gasteiger partial charge in [-0.1, -0.05) is 42.5 Å². The number of nitrogens with zero attached hydrogens (tertiary/aromatic N) is 1. The summed E-state index contributed by atoms with van der Waals surface area (Å²) in [6.07, 6.45) is 1.33. The fourth-order valence-electron chi connectivity index (χ4n) is 2.73. The molecule has 0 radical (unpaired) electrons. The Balaban J connectivity index is 1.69. The zero-order valence-corrected chi connectivity index (χ0v) is 17.5. The van der Waals surface area contributed by atoms with Crippen LogP contribution in [0.5, 0.6) is 5.75 Å². The molecule has 0 unspecified atom stereocenters. The van der Waals surface area contributed by atoms with Crippen molar-refractivity contribution in [3.8, 4) is 11.8 Å². The summed E-state index contributed by atoms with van der Waals surface area (Å²) in [6, 6.07) is 23.2. The third kappa shape index (κ3) is 5.38. The molecule has 0 spiro atoms. The van der Waals surface area contributed by atoms with Crippen LogP contribution in [0.4, 0.5) is 0 Å². The zero-order valence-electron chi connectivity index (χ0n) is 16.7. The average Bonchev–Trinajstić information content (AvgIpc) is 2.82. The Labute approximate surface area is 180 Å². The largest absolute Gasteiger partial charge is 0.489 e. The minimum Gasteiger partial charge on any atom is -0.489 e. The lowest BCUT2D eigenvalue weighted by Crippen LogP contribution is -2.03. The monoisotopic (exact) mass is 433 g/mol. The van der Waals surface area contributed by atoms with Gasteiger partial charge in [-0.25, -0.2) is 13.2 Å². The van der Waals surface area contributed by atoms with Gasteiger partial charge in [-0.05, 0) is 53.6 Å². The average molecular weight is 433 g/mol. The molecule has 3 aromatic rings. The SMILES string of the molecule is COC(=O)c1ccc(COc2ccc(/C=C(\C#N)S(=O)(=O)c3ccccc3)cc2)cc1. The molecule has 156 valence electrons. The highest BCUT2D eigenvalue weighted by molar-refractivity contribution is 7.95. The predicted molar refractivity (Wildman–Crippen MR) is 116 cm³/mol. The van der Waals surface area contributed by atoms with E-state index < -0.39 is 15.8 Å². The number of allylic oxidation sites excluding steroid dienone is 1. The number of esters is 1. The number of nitriles is 1. The first kappa shape index (κ1) is 21.8. The number of benzene rings is 3. The van der Waals surface area contributed by atoms with Gasteiger partial charge < -0.3 is 9.47 Å². The highest BCUT2D eigenvalue weighted by Crippen LogP contribution is 2.22. The number of rotatable bonds is 7. The molecule has 0 saturated carbocycles. The van der Waals surface area contributed by atoms with Gasteiger partial charge in [0.05, 0.1) is 17.6 Å². The summed E-state index contributed by atoms with van der Waals surface area (Å²) in [5.74, 6) is 0.181. The lowest BCUT2D eigenvalue weighted by molar-refractivity contribution is 0.0600. The van der Waals surface area contributed by atoms with Crippen molar-refractivity contribution in [2.75, 3.05) is 7.11 Å². The van der Waals surface area contributed by atoms with E-state index in [1.807, 2.05) is 0 Å². The number of ether oxygens (including phenoxy) is 2. The molecule has 0 aliphatic rings. The first-order valence-electron chi connectivity index (χ1n) is 9.26. The van der Waals surface area contributed by atoms with Crippen molar-refractivity contribution < 1.29 is 22.7 Å². The predicted octanol–water partition coefficient (Wildman–Crippen LogP) is 4.39. The molecule has 0 aliphatic heterocycles. The van der Waals surface area contributed by atoms with E-state index in [1.54, 1.807) is 72.8 Å². The first-order chi connectivity index (χ1) is 14.9. The van der Waals surface area contributed by atoms with Crippen LogP contribution in [0.2, 0.25) is 0 Å². The van der Waals surface area contributed by atoms with Crippen molar-refractivity contribution in [2.24, 2.45) is 0 Å². The van der Waals surface area contributed by atoms with Gasteiger partial charge in [-0.3, -0.25) is 0 Å². The molecular weight excluding hydrogens is 414 g/mol. The molecule has 6 nitrogen and oxygen atoms in total. The van der Waals surface area contributed by atoms with E-state index >= 15 is 0 Å². The number of hydrogen-bond donors (Lipinski definition) is 0. The van der Waals surface area contributed by atoms with Crippen LogP contribution in [0.15, 0.2) is 88.7 Å². The summed E-state index contributed by atoms with van der Waals surface area (Å²) < 4.78 is 35.7. The van der Waals surface area contributed by atoms with Crippen LogP contribution in [-0.4, -0.2) is 21.5 Å². The second-order valence-corrected chi connectivity index (χ2v) is 8.40. The van der Waals surface area contributed by atoms with E-state index in [1.165, 1.54) is 25.3 Å². The minimum absolute atomic E-state index is 0.0703. The highest BCUT2D eigenvalue weighted by atomic mass is 32.2. The van der Waals surface area contributed by atoms with Gasteiger partial charge in [0.15, 0.2) is 0 Å².